The van der Waals surface area contributed by atoms with Crippen LogP contribution in [0.25, 0.3) is 10.9 Å². The molecule has 2 nitrogen and oxygen atoms in total. The molecule has 0 saturated heterocycles. The van der Waals surface area contributed by atoms with Gasteiger partial charge in [0.05, 0.1) is 0 Å². The molecule has 2 atom stereocenters. The van der Waals surface area contributed by atoms with Crippen LogP contribution in [0.15, 0.2) is 42.1 Å². The summed E-state index contributed by atoms with van der Waals surface area (Å²) in [6.07, 6.45) is 9.65. The molecule has 1 fully saturated rings. The van der Waals surface area contributed by atoms with E-state index in [4.69, 9.17) is 0 Å². The van der Waals surface area contributed by atoms with Crippen molar-refractivity contribution in [3.63, 3.8) is 0 Å². The van der Waals surface area contributed by atoms with Gasteiger partial charge in [0.15, 0.2) is 0 Å². The monoisotopic (exact) mass is 266 g/mol. The Morgan fingerprint density at radius 1 is 1.30 bits per heavy atom. The second kappa shape index (κ2) is 4.78. The Morgan fingerprint density at radius 3 is 2.95 bits per heavy atom. The molecule has 5 rings (SSSR count). The van der Waals surface area contributed by atoms with E-state index in [-0.39, 0.29) is 0 Å². The van der Waals surface area contributed by atoms with E-state index < -0.39 is 0 Å². The first-order valence-electron chi connectivity index (χ1n) is 7.78. The maximum atomic E-state index is 3.85. The molecule has 1 heterocycles. The van der Waals surface area contributed by atoms with Gasteiger partial charge in [0.25, 0.3) is 0 Å². The molecule has 3 aliphatic carbocycles. The van der Waals surface area contributed by atoms with Gasteiger partial charge in [-0.15, -0.1) is 0 Å². The van der Waals surface area contributed by atoms with Crippen LogP contribution in [-0.2, 0) is 6.42 Å². The van der Waals surface area contributed by atoms with Gasteiger partial charge < -0.3 is 10.3 Å². The lowest BCUT2D eigenvalue weighted by atomic mass is 9.69. The molecule has 2 heteroatoms. The van der Waals surface area contributed by atoms with Crippen LogP contribution in [-0.4, -0.2) is 17.1 Å². The molecule has 1 aromatic heterocycles. The van der Waals surface area contributed by atoms with Gasteiger partial charge in [-0.3, -0.25) is 0 Å². The number of hydrogen-bond donors (Lipinski definition) is 2. The predicted octanol–water partition coefficient (Wildman–Crippen LogP) is 3.80. The minimum absolute atomic E-state index is 0.537. The summed E-state index contributed by atoms with van der Waals surface area (Å²) in [5, 5.41) is 5.22. The SMILES string of the molecule is C[C@H](Cc1c[nH]c2ccccc12)N[C@H]1CC=C2CC1C2. The van der Waals surface area contributed by atoms with Crippen molar-refractivity contribution in [1.82, 2.24) is 10.3 Å². The van der Waals surface area contributed by atoms with Crippen LogP contribution >= 0.6 is 0 Å². The van der Waals surface area contributed by atoms with E-state index in [0.717, 1.165) is 12.3 Å². The number of rotatable bonds is 4. The first-order valence-corrected chi connectivity index (χ1v) is 7.78. The van der Waals surface area contributed by atoms with E-state index in [0.29, 0.717) is 12.1 Å². The highest BCUT2D eigenvalue weighted by Crippen LogP contribution is 2.41. The number of benzene rings is 1. The maximum absolute atomic E-state index is 3.85. The molecule has 1 saturated carbocycles. The number of nitrogens with one attached hydrogen (secondary N) is 2. The van der Waals surface area contributed by atoms with Gasteiger partial charge in [0, 0.05) is 29.2 Å². The largest absolute Gasteiger partial charge is 0.361 e. The number of hydrogen-bond acceptors (Lipinski definition) is 1. The Hall–Kier alpha value is -1.54. The molecule has 0 amide bonds. The molecule has 104 valence electrons. The number of allylic oxidation sites excluding steroid dienone is 1. The normalized spacial score (nSPS) is 26.1. The highest BCUT2D eigenvalue weighted by atomic mass is 15.0. The third kappa shape index (κ3) is 2.08. The van der Waals surface area contributed by atoms with E-state index >= 15 is 0 Å². The summed E-state index contributed by atoms with van der Waals surface area (Å²) in [4.78, 5) is 3.38. The zero-order chi connectivity index (χ0) is 13.5. The topological polar surface area (TPSA) is 27.8 Å². The molecule has 1 aromatic carbocycles. The Labute approximate surface area is 120 Å². The Bertz CT molecular complexity index is 644. The summed E-state index contributed by atoms with van der Waals surface area (Å²) in [6.45, 7) is 2.32. The van der Waals surface area contributed by atoms with Crippen molar-refractivity contribution >= 4 is 10.9 Å². The van der Waals surface area contributed by atoms with Gasteiger partial charge in [-0.1, -0.05) is 29.8 Å². The summed E-state index contributed by atoms with van der Waals surface area (Å²) in [5.41, 5.74) is 4.37. The summed E-state index contributed by atoms with van der Waals surface area (Å²) in [7, 11) is 0. The molecular weight excluding hydrogens is 244 g/mol. The Kier molecular flexibility index (Phi) is 2.92. The molecule has 0 unspecified atom stereocenters. The van der Waals surface area contributed by atoms with E-state index in [1.54, 1.807) is 5.57 Å². The van der Waals surface area contributed by atoms with Crippen molar-refractivity contribution in [3.8, 4) is 0 Å². The van der Waals surface area contributed by atoms with Crippen LogP contribution in [0.1, 0.15) is 31.7 Å². The fourth-order valence-corrected chi connectivity index (χ4v) is 3.81. The zero-order valence-corrected chi connectivity index (χ0v) is 12.0. The molecule has 2 N–H and O–H groups in total. The fraction of sp³-hybridized carbons (Fsp3) is 0.444. The second-order valence-electron chi connectivity index (χ2n) is 6.50. The van der Waals surface area contributed by atoms with Crippen LogP contribution in [0, 0.1) is 5.92 Å². The van der Waals surface area contributed by atoms with Crippen LogP contribution in [0.3, 0.4) is 0 Å². The molecule has 0 spiro atoms. The number of aromatic amines is 1. The highest BCUT2D eigenvalue weighted by Gasteiger charge is 2.34. The number of aromatic nitrogens is 1. The zero-order valence-electron chi connectivity index (χ0n) is 12.0. The van der Waals surface area contributed by atoms with Crippen LogP contribution < -0.4 is 5.32 Å². The van der Waals surface area contributed by atoms with Crippen molar-refractivity contribution < 1.29 is 0 Å². The van der Waals surface area contributed by atoms with Crippen molar-refractivity contribution in [1.29, 1.82) is 0 Å². The molecule has 2 aromatic rings. The van der Waals surface area contributed by atoms with E-state index in [2.05, 4.69) is 53.8 Å². The number of fused-ring (bicyclic) bond motifs is 3. The standard InChI is InChI=1S/C18H22N2/c1-12(20-17-7-6-13-9-14(17)10-13)8-15-11-19-18-5-3-2-4-16(15)18/h2-6,11-12,14,17,19-20H,7-10H2,1H3/t12-,17+/m1/s1. The summed E-state index contributed by atoms with van der Waals surface area (Å²) < 4.78 is 0. The fourth-order valence-electron chi connectivity index (χ4n) is 3.81. The van der Waals surface area contributed by atoms with Crippen LogP contribution in [0.5, 0.6) is 0 Å². The van der Waals surface area contributed by atoms with E-state index in [1.165, 1.54) is 35.7 Å². The number of H-pyrrole nitrogens is 1. The first-order chi connectivity index (χ1) is 9.79. The molecule has 0 aliphatic heterocycles. The van der Waals surface area contributed by atoms with Gasteiger partial charge in [-0.2, -0.15) is 0 Å². The van der Waals surface area contributed by atoms with E-state index in [1.807, 2.05) is 0 Å². The molecule has 0 radical (unpaired) electrons. The lowest BCUT2D eigenvalue weighted by molar-refractivity contribution is 0.252. The molecule has 20 heavy (non-hydrogen) atoms. The highest BCUT2D eigenvalue weighted by molar-refractivity contribution is 5.83. The third-order valence-electron chi connectivity index (χ3n) is 4.98. The van der Waals surface area contributed by atoms with Gasteiger partial charge in [-0.25, -0.2) is 0 Å². The van der Waals surface area contributed by atoms with E-state index in [9.17, 15) is 0 Å². The molecule has 3 aliphatic rings. The lowest BCUT2D eigenvalue weighted by Crippen LogP contribution is -2.47. The van der Waals surface area contributed by atoms with Crippen LogP contribution in [0.2, 0.25) is 0 Å². The Morgan fingerprint density at radius 2 is 2.15 bits per heavy atom. The average Bonchev–Trinajstić information content (AvgIpc) is 2.81. The number of para-hydroxylation sites is 1. The second-order valence-corrected chi connectivity index (χ2v) is 6.50. The Balaban J connectivity index is 1.44. The lowest BCUT2D eigenvalue weighted by Gasteiger charge is -2.42. The summed E-state index contributed by atoms with van der Waals surface area (Å²) in [6, 6.07) is 9.82. The van der Waals surface area contributed by atoms with Gasteiger partial charge in [0.2, 0.25) is 0 Å². The van der Waals surface area contributed by atoms with Gasteiger partial charge >= 0.3 is 0 Å². The average molecular weight is 266 g/mol. The predicted molar refractivity (Wildman–Crippen MR) is 83.8 cm³/mol. The minimum Gasteiger partial charge on any atom is -0.361 e. The van der Waals surface area contributed by atoms with Gasteiger partial charge in [0.1, 0.15) is 0 Å². The van der Waals surface area contributed by atoms with Crippen molar-refractivity contribution in [3.05, 3.63) is 47.7 Å². The first kappa shape index (κ1) is 12.2. The van der Waals surface area contributed by atoms with Crippen LogP contribution in [0.4, 0.5) is 0 Å². The summed E-state index contributed by atoms with van der Waals surface area (Å²) in [5.74, 6) is 0.903. The van der Waals surface area contributed by atoms with Crippen molar-refractivity contribution in [2.45, 2.75) is 44.7 Å². The third-order valence-corrected chi connectivity index (χ3v) is 4.98. The molecular formula is C18H22N2. The smallest absolute Gasteiger partial charge is 0.0456 e. The maximum Gasteiger partial charge on any atom is 0.0456 e. The quantitative estimate of drug-likeness (QED) is 0.809. The van der Waals surface area contributed by atoms with Gasteiger partial charge in [-0.05, 0) is 50.2 Å². The minimum atomic E-state index is 0.537. The summed E-state index contributed by atoms with van der Waals surface area (Å²) >= 11 is 0. The van der Waals surface area contributed by atoms with Crippen molar-refractivity contribution in [2.75, 3.05) is 0 Å². The van der Waals surface area contributed by atoms with Crippen molar-refractivity contribution in [2.24, 2.45) is 5.92 Å². The molecule has 2 bridgehead atoms.